The van der Waals surface area contributed by atoms with Crippen molar-refractivity contribution in [1.29, 1.82) is 0 Å². The predicted octanol–water partition coefficient (Wildman–Crippen LogP) is 1.18. The van der Waals surface area contributed by atoms with Gasteiger partial charge >= 0.3 is 6.03 Å². The van der Waals surface area contributed by atoms with Gasteiger partial charge in [0.15, 0.2) is 0 Å². The maximum absolute atomic E-state index is 12.3. The summed E-state index contributed by atoms with van der Waals surface area (Å²) in [5.74, 6) is -0.0887. The minimum absolute atomic E-state index is 0.0381. The van der Waals surface area contributed by atoms with Gasteiger partial charge in [-0.2, -0.15) is 0 Å². The van der Waals surface area contributed by atoms with Gasteiger partial charge in [0, 0.05) is 31.7 Å². The second kappa shape index (κ2) is 7.21. The standard InChI is InChI=1S/C18H26N4O2/c1-18(14-20-17(24)21-11-9-19-16(23)13-21)8-5-10-22(18)12-15-6-3-2-4-7-15/h2-4,6-7H,5,8-14H2,1H3,(H,19,23)(H,20,24)/t18-/m0/s1. The lowest BCUT2D eigenvalue weighted by Crippen LogP contribution is -2.56. The Morgan fingerprint density at radius 3 is 2.83 bits per heavy atom. The van der Waals surface area contributed by atoms with Gasteiger partial charge in [-0.15, -0.1) is 0 Å². The van der Waals surface area contributed by atoms with Crippen molar-refractivity contribution in [3.05, 3.63) is 35.9 Å². The number of benzene rings is 1. The fourth-order valence-electron chi connectivity index (χ4n) is 3.54. The zero-order chi connectivity index (χ0) is 17.0. The summed E-state index contributed by atoms with van der Waals surface area (Å²) in [6.45, 7) is 6.03. The Kier molecular flexibility index (Phi) is 5.04. The molecule has 0 aromatic heterocycles. The van der Waals surface area contributed by atoms with E-state index in [1.54, 1.807) is 4.90 Å². The van der Waals surface area contributed by atoms with Crippen molar-refractivity contribution in [2.75, 3.05) is 32.7 Å². The molecule has 2 aliphatic heterocycles. The van der Waals surface area contributed by atoms with E-state index in [0.717, 1.165) is 25.9 Å². The van der Waals surface area contributed by atoms with Crippen molar-refractivity contribution in [3.63, 3.8) is 0 Å². The van der Waals surface area contributed by atoms with Crippen LogP contribution in [0.5, 0.6) is 0 Å². The Labute approximate surface area is 143 Å². The van der Waals surface area contributed by atoms with Gasteiger partial charge in [-0.05, 0) is 31.9 Å². The van der Waals surface area contributed by atoms with Crippen molar-refractivity contribution in [2.45, 2.75) is 31.8 Å². The Balaban J connectivity index is 1.56. The third-order valence-corrected chi connectivity index (χ3v) is 5.07. The molecule has 130 valence electrons. The number of nitrogens with one attached hydrogen (secondary N) is 2. The van der Waals surface area contributed by atoms with Crippen LogP contribution in [-0.2, 0) is 11.3 Å². The number of carbonyl (C=O) groups excluding carboxylic acids is 2. The van der Waals surface area contributed by atoms with Crippen LogP contribution >= 0.6 is 0 Å². The van der Waals surface area contributed by atoms with E-state index in [1.165, 1.54) is 5.56 Å². The van der Waals surface area contributed by atoms with Crippen molar-refractivity contribution in [3.8, 4) is 0 Å². The lowest BCUT2D eigenvalue weighted by Gasteiger charge is -2.36. The zero-order valence-electron chi connectivity index (χ0n) is 14.3. The smallest absolute Gasteiger partial charge is 0.317 e. The van der Waals surface area contributed by atoms with Crippen LogP contribution in [0.1, 0.15) is 25.3 Å². The van der Waals surface area contributed by atoms with Gasteiger partial charge in [-0.3, -0.25) is 9.69 Å². The number of urea groups is 1. The van der Waals surface area contributed by atoms with E-state index in [0.29, 0.717) is 19.6 Å². The minimum atomic E-state index is -0.141. The third-order valence-electron chi connectivity index (χ3n) is 5.07. The first-order valence-electron chi connectivity index (χ1n) is 8.65. The molecule has 6 nitrogen and oxygen atoms in total. The summed E-state index contributed by atoms with van der Waals surface area (Å²) in [6, 6.07) is 10.3. The first kappa shape index (κ1) is 16.8. The van der Waals surface area contributed by atoms with Crippen molar-refractivity contribution < 1.29 is 9.59 Å². The van der Waals surface area contributed by atoms with Crippen LogP contribution in [0.15, 0.2) is 30.3 Å². The number of rotatable bonds is 4. The predicted molar refractivity (Wildman–Crippen MR) is 92.5 cm³/mol. The molecule has 24 heavy (non-hydrogen) atoms. The van der Waals surface area contributed by atoms with E-state index in [4.69, 9.17) is 0 Å². The fraction of sp³-hybridized carbons (Fsp3) is 0.556. The van der Waals surface area contributed by atoms with Crippen LogP contribution in [0.25, 0.3) is 0 Å². The minimum Gasteiger partial charge on any atom is -0.353 e. The molecule has 6 heteroatoms. The van der Waals surface area contributed by atoms with E-state index >= 15 is 0 Å². The summed E-state index contributed by atoms with van der Waals surface area (Å²) < 4.78 is 0. The molecule has 3 rings (SSSR count). The van der Waals surface area contributed by atoms with Crippen LogP contribution in [0.2, 0.25) is 0 Å². The van der Waals surface area contributed by atoms with Crippen LogP contribution < -0.4 is 10.6 Å². The molecule has 0 unspecified atom stereocenters. The topological polar surface area (TPSA) is 64.7 Å². The molecular formula is C18H26N4O2. The molecule has 2 N–H and O–H groups in total. The molecule has 3 amide bonds. The monoisotopic (exact) mass is 330 g/mol. The summed E-state index contributed by atoms with van der Waals surface area (Å²) in [6.07, 6.45) is 2.21. The van der Waals surface area contributed by atoms with Gasteiger partial charge in [-0.25, -0.2) is 4.79 Å². The molecule has 0 saturated carbocycles. The van der Waals surface area contributed by atoms with Crippen LogP contribution in [0.3, 0.4) is 0 Å². The second-order valence-electron chi connectivity index (χ2n) is 6.94. The molecule has 2 aliphatic rings. The molecule has 2 fully saturated rings. The van der Waals surface area contributed by atoms with E-state index in [-0.39, 0.29) is 24.0 Å². The van der Waals surface area contributed by atoms with Gasteiger partial charge < -0.3 is 15.5 Å². The average Bonchev–Trinajstić information content (AvgIpc) is 2.95. The fourth-order valence-corrected chi connectivity index (χ4v) is 3.54. The number of hydrogen-bond donors (Lipinski definition) is 2. The van der Waals surface area contributed by atoms with E-state index in [2.05, 4.69) is 46.7 Å². The largest absolute Gasteiger partial charge is 0.353 e. The van der Waals surface area contributed by atoms with Gasteiger partial charge in [0.05, 0.1) is 0 Å². The maximum atomic E-state index is 12.3. The van der Waals surface area contributed by atoms with Crippen molar-refractivity contribution >= 4 is 11.9 Å². The third kappa shape index (κ3) is 3.87. The molecule has 1 aromatic rings. The van der Waals surface area contributed by atoms with Crippen LogP contribution in [0, 0.1) is 0 Å². The SMILES string of the molecule is C[C@@]1(CNC(=O)N2CCNC(=O)C2)CCCN1Cc1ccccc1. The number of nitrogens with zero attached hydrogens (tertiary/aromatic N) is 2. The molecule has 0 radical (unpaired) electrons. The number of piperazine rings is 1. The summed E-state index contributed by atoms with van der Waals surface area (Å²) in [5.41, 5.74) is 1.26. The molecule has 0 aliphatic carbocycles. The lowest BCUT2D eigenvalue weighted by molar-refractivity contribution is -0.123. The summed E-state index contributed by atoms with van der Waals surface area (Å²) >= 11 is 0. The number of hydrogen-bond acceptors (Lipinski definition) is 3. The van der Waals surface area contributed by atoms with E-state index in [9.17, 15) is 9.59 Å². The summed E-state index contributed by atoms with van der Waals surface area (Å²) in [4.78, 5) is 27.8. The first-order chi connectivity index (χ1) is 11.6. The van der Waals surface area contributed by atoms with E-state index in [1.807, 2.05) is 6.07 Å². The number of amides is 3. The molecule has 2 heterocycles. The zero-order valence-corrected chi connectivity index (χ0v) is 14.3. The Bertz CT molecular complexity index is 592. The quantitative estimate of drug-likeness (QED) is 0.871. The maximum Gasteiger partial charge on any atom is 0.317 e. The molecule has 0 spiro atoms. The second-order valence-corrected chi connectivity index (χ2v) is 6.94. The van der Waals surface area contributed by atoms with Crippen molar-refractivity contribution in [2.24, 2.45) is 0 Å². The summed E-state index contributed by atoms with van der Waals surface area (Å²) in [7, 11) is 0. The summed E-state index contributed by atoms with van der Waals surface area (Å²) in [5, 5.41) is 5.77. The lowest BCUT2D eigenvalue weighted by atomic mass is 9.98. The van der Waals surface area contributed by atoms with Gasteiger partial charge in [0.1, 0.15) is 6.54 Å². The average molecular weight is 330 g/mol. The molecule has 0 bridgehead atoms. The number of likely N-dealkylation sites (tertiary alicyclic amines) is 1. The Morgan fingerprint density at radius 2 is 2.08 bits per heavy atom. The highest BCUT2D eigenvalue weighted by Gasteiger charge is 2.37. The van der Waals surface area contributed by atoms with Crippen LogP contribution in [-0.4, -0.2) is 60.0 Å². The highest BCUT2D eigenvalue weighted by Crippen LogP contribution is 2.30. The molecule has 1 aromatic carbocycles. The highest BCUT2D eigenvalue weighted by atomic mass is 16.2. The van der Waals surface area contributed by atoms with Crippen LogP contribution in [0.4, 0.5) is 4.79 Å². The van der Waals surface area contributed by atoms with Gasteiger partial charge in [-0.1, -0.05) is 30.3 Å². The van der Waals surface area contributed by atoms with E-state index < -0.39 is 0 Å². The normalized spacial score (nSPS) is 24.7. The van der Waals surface area contributed by atoms with Crippen molar-refractivity contribution in [1.82, 2.24) is 20.4 Å². The molecule has 2 saturated heterocycles. The Hall–Kier alpha value is -2.08. The Morgan fingerprint density at radius 1 is 1.29 bits per heavy atom. The van der Waals surface area contributed by atoms with Gasteiger partial charge in [0.2, 0.25) is 5.91 Å². The highest BCUT2D eigenvalue weighted by molar-refractivity contribution is 5.85. The first-order valence-corrected chi connectivity index (χ1v) is 8.65. The van der Waals surface area contributed by atoms with Gasteiger partial charge in [0.25, 0.3) is 0 Å². The number of carbonyl (C=O) groups is 2. The molecule has 1 atom stereocenters. The molecular weight excluding hydrogens is 304 g/mol.